The Labute approximate surface area is 122 Å². The third-order valence-corrected chi connectivity index (χ3v) is 3.00. The van der Waals surface area contributed by atoms with Crippen LogP contribution in [0.25, 0.3) is 11.1 Å². The van der Waals surface area contributed by atoms with E-state index in [1.54, 1.807) is 13.2 Å². The second-order valence-corrected chi connectivity index (χ2v) is 4.31. The fraction of sp³-hybridized carbons (Fsp3) is 0.143. The summed E-state index contributed by atoms with van der Waals surface area (Å²) < 4.78 is 18.6. The average Bonchev–Trinajstić information content (AvgIpc) is 2.41. The predicted octanol–water partition coefficient (Wildman–Crippen LogP) is 4.04. The van der Waals surface area contributed by atoms with Crippen molar-refractivity contribution in [1.82, 2.24) is 0 Å². The number of hydrogen-bond acceptors (Lipinski definition) is 2. The molecule has 0 radical (unpaired) electrons. The van der Waals surface area contributed by atoms with E-state index in [2.05, 4.69) is 0 Å². The Morgan fingerprint density at radius 1 is 1.16 bits per heavy atom. The van der Waals surface area contributed by atoms with Crippen LogP contribution in [-0.4, -0.2) is 7.11 Å². The fourth-order valence-electron chi connectivity index (χ4n) is 1.74. The molecule has 102 valence electrons. The van der Waals surface area contributed by atoms with Gasteiger partial charge >= 0.3 is 0 Å². The van der Waals surface area contributed by atoms with E-state index in [4.69, 9.17) is 22.1 Å². The molecule has 19 heavy (non-hydrogen) atoms. The molecule has 0 bridgehead atoms. The molecule has 0 atom stereocenters. The first-order valence-corrected chi connectivity index (χ1v) is 5.85. The van der Waals surface area contributed by atoms with Crippen molar-refractivity contribution in [3.8, 4) is 16.9 Å². The van der Waals surface area contributed by atoms with Crippen LogP contribution in [-0.2, 0) is 6.54 Å². The van der Waals surface area contributed by atoms with Gasteiger partial charge in [0.15, 0.2) is 0 Å². The Morgan fingerprint density at radius 3 is 2.47 bits per heavy atom. The van der Waals surface area contributed by atoms with Gasteiger partial charge in [-0.2, -0.15) is 0 Å². The molecule has 2 aromatic carbocycles. The molecule has 0 aliphatic rings. The number of ether oxygens (including phenoxy) is 1. The van der Waals surface area contributed by atoms with Crippen molar-refractivity contribution in [2.45, 2.75) is 6.54 Å². The average molecular weight is 302 g/mol. The van der Waals surface area contributed by atoms with Crippen molar-refractivity contribution in [3.05, 3.63) is 52.8 Å². The quantitative estimate of drug-likeness (QED) is 0.929. The zero-order valence-corrected chi connectivity index (χ0v) is 11.9. The summed E-state index contributed by atoms with van der Waals surface area (Å²) in [6.07, 6.45) is 0. The number of nitrogens with two attached hydrogens (primary N) is 1. The third kappa shape index (κ3) is 3.60. The topological polar surface area (TPSA) is 35.2 Å². The Morgan fingerprint density at radius 2 is 1.89 bits per heavy atom. The van der Waals surface area contributed by atoms with Crippen LogP contribution in [0.1, 0.15) is 5.56 Å². The smallest absolute Gasteiger partial charge is 0.142 e. The van der Waals surface area contributed by atoms with E-state index in [-0.39, 0.29) is 17.4 Å². The van der Waals surface area contributed by atoms with Crippen LogP contribution >= 0.6 is 24.0 Å². The highest BCUT2D eigenvalue weighted by molar-refractivity contribution is 6.30. The molecule has 0 saturated carbocycles. The van der Waals surface area contributed by atoms with Crippen molar-refractivity contribution in [2.75, 3.05) is 7.11 Å². The van der Waals surface area contributed by atoms with Gasteiger partial charge in [0.05, 0.1) is 12.1 Å². The van der Waals surface area contributed by atoms with Crippen LogP contribution in [0, 0.1) is 5.82 Å². The lowest BCUT2D eigenvalue weighted by atomic mass is 10.0. The molecule has 5 heteroatoms. The van der Waals surface area contributed by atoms with E-state index >= 15 is 0 Å². The molecular formula is C14H14Cl2FNO. The summed E-state index contributed by atoms with van der Waals surface area (Å²) in [6, 6.07) is 10.3. The van der Waals surface area contributed by atoms with Crippen molar-refractivity contribution >= 4 is 24.0 Å². The molecule has 0 saturated heterocycles. The Kier molecular flexibility index (Phi) is 5.60. The summed E-state index contributed by atoms with van der Waals surface area (Å²) in [5.74, 6) is 0.259. The van der Waals surface area contributed by atoms with E-state index in [0.717, 1.165) is 16.7 Å². The van der Waals surface area contributed by atoms with Crippen LogP contribution in [0.4, 0.5) is 4.39 Å². The SMILES string of the molecule is COc1cc(CN)cc(-c2ccc(Cl)c(F)c2)c1.Cl. The van der Waals surface area contributed by atoms with Crippen LogP contribution in [0.5, 0.6) is 5.75 Å². The highest BCUT2D eigenvalue weighted by Crippen LogP contribution is 2.28. The summed E-state index contributed by atoms with van der Waals surface area (Å²) in [5, 5.41) is 0.112. The van der Waals surface area contributed by atoms with Gasteiger partial charge in [0.1, 0.15) is 11.6 Å². The molecule has 0 spiro atoms. The number of methoxy groups -OCH3 is 1. The van der Waals surface area contributed by atoms with Gasteiger partial charge in [-0.25, -0.2) is 4.39 Å². The molecule has 0 unspecified atom stereocenters. The van der Waals surface area contributed by atoms with E-state index in [1.165, 1.54) is 12.1 Å². The molecule has 0 aliphatic carbocycles. The lowest BCUT2D eigenvalue weighted by molar-refractivity contribution is 0.414. The second kappa shape index (κ2) is 6.75. The minimum absolute atomic E-state index is 0. The van der Waals surface area contributed by atoms with Crippen LogP contribution in [0.2, 0.25) is 5.02 Å². The molecular weight excluding hydrogens is 288 g/mol. The van der Waals surface area contributed by atoms with E-state index < -0.39 is 5.82 Å². The highest BCUT2D eigenvalue weighted by Gasteiger charge is 2.06. The standard InChI is InChI=1S/C14H13ClFNO.ClH/c1-18-12-5-9(8-17)4-11(6-12)10-2-3-13(15)14(16)7-10;/h2-7H,8,17H2,1H3;1H. The number of rotatable bonds is 3. The summed E-state index contributed by atoms with van der Waals surface area (Å²) in [6.45, 7) is 0.403. The molecule has 0 fully saturated rings. The number of hydrogen-bond donors (Lipinski definition) is 1. The number of benzene rings is 2. The van der Waals surface area contributed by atoms with E-state index in [1.807, 2.05) is 18.2 Å². The highest BCUT2D eigenvalue weighted by atomic mass is 35.5. The maximum Gasteiger partial charge on any atom is 0.142 e. The number of halogens is 3. The molecule has 2 N–H and O–H groups in total. The minimum Gasteiger partial charge on any atom is -0.497 e. The first-order chi connectivity index (χ1) is 8.63. The van der Waals surface area contributed by atoms with Gasteiger partial charge in [0, 0.05) is 6.54 Å². The van der Waals surface area contributed by atoms with Gasteiger partial charge in [-0.1, -0.05) is 17.7 Å². The van der Waals surface area contributed by atoms with Crippen molar-refractivity contribution in [1.29, 1.82) is 0 Å². The largest absolute Gasteiger partial charge is 0.497 e. The van der Waals surface area contributed by atoms with Crippen molar-refractivity contribution in [2.24, 2.45) is 5.73 Å². The summed E-state index contributed by atoms with van der Waals surface area (Å²) in [5.41, 5.74) is 8.15. The van der Waals surface area contributed by atoms with E-state index in [0.29, 0.717) is 12.3 Å². The molecule has 2 rings (SSSR count). The van der Waals surface area contributed by atoms with Gasteiger partial charge in [-0.15, -0.1) is 12.4 Å². The molecule has 0 amide bonds. The molecule has 0 aromatic heterocycles. The van der Waals surface area contributed by atoms with Crippen LogP contribution in [0.15, 0.2) is 36.4 Å². The zero-order valence-electron chi connectivity index (χ0n) is 10.3. The van der Waals surface area contributed by atoms with E-state index in [9.17, 15) is 4.39 Å². The maximum atomic E-state index is 13.4. The van der Waals surface area contributed by atoms with Gasteiger partial charge in [0.25, 0.3) is 0 Å². The summed E-state index contributed by atoms with van der Waals surface area (Å²) in [4.78, 5) is 0. The Hall–Kier alpha value is -1.29. The molecule has 2 aromatic rings. The lowest BCUT2D eigenvalue weighted by Gasteiger charge is -2.08. The zero-order chi connectivity index (χ0) is 13.1. The molecule has 0 heterocycles. The van der Waals surface area contributed by atoms with Gasteiger partial charge in [0.2, 0.25) is 0 Å². The second-order valence-electron chi connectivity index (χ2n) is 3.90. The Bertz CT molecular complexity index is 553. The summed E-state index contributed by atoms with van der Waals surface area (Å²) >= 11 is 5.67. The third-order valence-electron chi connectivity index (χ3n) is 2.69. The predicted molar refractivity (Wildman–Crippen MR) is 78.5 cm³/mol. The Balaban J connectivity index is 0.00000180. The maximum absolute atomic E-state index is 13.4. The normalized spacial score (nSPS) is 9.89. The van der Waals surface area contributed by atoms with Gasteiger partial charge < -0.3 is 10.5 Å². The first kappa shape index (κ1) is 15.8. The summed E-state index contributed by atoms with van der Waals surface area (Å²) in [7, 11) is 1.59. The van der Waals surface area contributed by atoms with Crippen LogP contribution in [0.3, 0.4) is 0 Å². The lowest BCUT2D eigenvalue weighted by Crippen LogP contribution is -1.97. The monoisotopic (exact) mass is 301 g/mol. The molecule has 0 aliphatic heterocycles. The minimum atomic E-state index is -0.439. The van der Waals surface area contributed by atoms with Crippen LogP contribution < -0.4 is 10.5 Å². The first-order valence-electron chi connectivity index (χ1n) is 5.47. The van der Waals surface area contributed by atoms with Gasteiger partial charge in [-0.3, -0.25) is 0 Å². The molecule has 2 nitrogen and oxygen atoms in total. The fourth-order valence-corrected chi connectivity index (χ4v) is 1.86. The van der Waals surface area contributed by atoms with Crippen molar-refractivity contribution in [3.63, 3.8) is 0 Å². The van der Waals surface area contributed by atoms with Gasteiger partial charge in [-0.05, 0) is 47.0 Å². The van der Waals surface area contributed by atoms with Crippen molar-refractivity contribution < 1.29 is 9.13 Å².